The van der Waals surface area contributed by atoms with Crippen LogP contribution in [0.15, 0.2) is 48.6 Å². The van der Waals surface area contributed by atoms with Gasteiger partial charge in [0.2, 0.25) is 0 Å². The molecule has 0 fully saturated rings. The Kier molecular flexibility index (Phi) is 7.45. The second-order valence-corrected chi connectivity index (χ2v) is 7.99. The van der Waals surface area contributed by atoms with Gasteiger partial charge in [0, 0.05) is 29.7 Å². The number of hydrogen-bond donors (Lipinski definition) is 1. The van der Waals surface area contributed by atoms with Crippen LogP contribution in [0.5, 0.6) is 5.75 Å². The molecule has 1 N–H and O–H groups in total. The smallest absolute Gasteiger partial charge is 0.266 e. The van der Waals surface area contributed by atoms with Crippen molar-refractivity contribution in [3.05, 3.63) is 65.5 Å². The summed E-state index contributed by atoms with van der Waals surface area (Å²) >= 11 is 0. The minimum Gasteiger partial charge on any atom is -0.492 e. The fourth-order valence-electron chi connectivity index (χ4n) is 3.39. The third kappa shape index (κ3) is 5.85. The van der Waals surface area contributed by atoms with Gasteiger partial charge in [0.1, 0.15) is 36.7 Å². The van der Waals surface area contributed by atoms with Crippen LogP contribution in [0.4, 0.5) is 5.69 Å². The second kappa shape index (κ2) is 10.4. The van der Waals surface area contributed by atoms with Gasteiger partial charge in [-0.25, -0.2) is 9.67 Å². The van der Waals surface area contributed by atoms with Gasteiger partial charge in [0.25, 0.3) is 5.91 Å². The zero-order valence-electron chi connectivity index (χ0n) is 18.9. The molecule has 8 heteroatoms. The molecule has 1 aromatic carbocycles. The van der Waals surface area contributed by atoms with Crippen molar-refractivity contribution in [2.24, 2.45) is 5.92 Å². The highest BCUT2D eigenvalue weighted by Gasteiger charge is 2.14. The van der Waals surface area contributed by atoms with Gasteiger partial charge in [-0.2, -0.15) is 10.4 Å². The number of aryl methyl sites for hydroxylation is 1. The van der Waals surface area contributed by atoms with E-state index in [4.69, 9.17) is 4.74 Å². The minimum absolute atomic E-state index is 0.0484. The lowest BCUT2D eigenvalue weighted by atomic mass is 10.1. The summed E-state index contributed by atoms with van der Waals surface area (Å²) in [7, 11) is 0. The third-order valence-corrected chi connectivity index (χ3v) is 4.97. The van der Waals surface area contributed by atoms with Crippen molar-refractivity contribution in [3.63, 3.8) is 0 Å². The first-order valence-electron chi connectivity index (χ1n) is 10.5. The third-order valence-electron chi connectivity index (χ3n) is 4.97. The Labute approximate surface area is 188 Å². The molecule has 1 amide bonds. The van der Waals surface area contributed by atoms with E-state index in [1.165, 1.54) is 6.33 Å². The van der Waals surface area contributed by atoms with Crippen LogP contribution < -0.4 is 10.1 Å². The number of carbonyl (C=O) groups is 1. The lowest BCUT2D eigenvalue weighted by molar-refractivity contribution is -0.112. The highest BCUT2D eigenvalue weighted by Crippen LogP contribution is 2.21. The largest absolute Gasteiger partial charge is 0.492 e. The number of nitriles is 1. The molecule has 0 aliphatic carbocycles. The van der Waals surface area contributed by atoms with Gasteiger partial charge in [0.15, 0.2) is 0 Å². The quantitative estimate of drug-likeness (QED) is 0.407. The summed E-state index contributed by atoms with van der Waals surface area (Å²) in [5, 5.41) is 16.4. The molecule has 166 valence electrons. The Morgan fingerprint density at radius 1 is 1.31 bits per heavy atom. The molecule has 0 saturated heterocycles. The second-order valence-electron chi connectivity index (χ2n) is 7.99. The van der Waals surface area contributed by atoms with E-state index in [2.05, 4.69) is 33.8 Å². The van der Waals surface area contributed by atoms with E-state index in [9.17, 15) is 10.1 Å². The van der Waals surface area contributed by atoms with Gasteiger partial charge in [-0.05, 0) is 49.6 Å². The van der Waals surface area contributed by atoms with E-state index in [0.29, 0.717) is 30.5 Å². The maximum atomic E-state index is 12.7. The lowest BCUT2D eigenvalue weighted by Crippen LogP contribution is -2.14. The van der Waals surface area contributed by atoms with Crippen molar-refractivity contribution in [2.45, 2.75) is 40.8 Å². The molecule has 0 radical (unpaired) electrons. The average Bonchev–Trinajstić information content (AvgIpc) is 3.36. The summed E-state index contributed by atoms with van der Waals surface area (Å²) in [6, 6.07) is 11.1. The molecule has 0 bridgehead atoms. The highest BCUT2D eigenvalue weighted by atomic mass is 16.5. The normalized spacial score (nSPS) is 11.4. The van der Waals surface area contributed by atoms with Crippen molar-refractivity contribution >= 4 is 17.7 Å². The molecule has 32 heavy (non-hydrogen) atoms. The van der Waals surface area contributed by atoms with Gasteiger partial charge in [0.05, 0.1) is 6.54 Å². The fourth-order valence-corrected chi connectivity index (χ4v) is 3.39. The van der Waals surface area contributed by atoms with Gasteiger partial charge in [-0.15, -0.1) is 0 Å². The Morgan fingerprint density at radius 3 is 2.81 bits per heavy atom. The SMILES string of the molecule is Cc1cc(/C=C(/C#N)C(=O)Nc2cccc(OCCn3cncn3)c2)c(C)n1CC(C)C. The summed E-state index contributed by atoms with van der Waals surface area (Å²) in [5.41, 5.74) is 3.63. The number of nitrogens with one attached hydrogen (secondary N) is 1. The van der Waals surface area contributed by atoms with E-state index >= 15 is 0 Å². The van der Waals surface area contributed by atoms with Crippen LogP contribution in [0.25, 0.3) is 6.08 Å². The standard InChI is InChI=1S/C24H28N6O2/c1-17(2)14-30-18(3)10-20(19(30)4)11-21(13-25)24(31)28-22-6-5-7-23(12-22)32-9-8-29-16-26-15-27-29/h5-7,10-12,15-17H,8-9,14H2,1-4H3,(H,28,31)/b21-11-. The van der Waals surface area contributed by atoms with Gasteiger partial charge in [-0.3, -0.25) is 4.79 Å². The van der Waals surface area contributed by atoms with Crippen molar-refractivity contribution in [1.29, 1.82) is 5.26 Å². The zero-order chi connectivity index (χ0) is 23.1. The number of aromatic nitrogens is 4. The number of anilines is 1. The summed E-state index contributed by atoms with van der Waals surface area (Å²) in [6.07, 6.45) is 4.74. The van der Waals surface area contributed by atoms with Crippen LogP contribution in [0.1, 0.15) is 30.8 Å². The van der Waals surface area contributed by atoms with Crippen LogP contribution in [0.2, 0.25) is 0 Å². The molecule has 0 unspecified atom stereocenters. The van der Waals surface area contributed by atoms with Crippen LogP contribution in [0.3, 0.4) is 0 Å². The van der Waals surface area contributed by atoms with Crippen molar-refractivity contribution in [2.75, 3.05) is 11.9 Å². The molecule has 2 heterocycles. The summed E-state index contributed by atoms with van der Waals surface area (Å²) in [5.74, 6) is 0.657. The fraction of sp³-hybridized carbons (Fsp3) is 0.333. The van der Waals surface area contributed by atoms with Crippen LogP contribution in [-0.2, 0) is 17.9 Å². The molecule has 0 atom stereocenters. The van der Waals surface area contributed by atoms with E-state index in [1.54, 1.807) is 35.3 Å². The van der Waals surface area contributed by atoms with Crippen molar-refractivity contribution < 1.29 is 9.53 Å². The molecule has 0 aliphatic heterocycles. The molecule has 3 aromatic rings. The zero-order valence-corrected chi connectivity index (χ0v) is 18.9. The van der Waals surface area contributed by atoms with E-state index in [0.717, 1.165) is 23.5 Å². The van der Waals surface area contributed by atoms with Gasteiger partial charge in [-0.1, -0.05) is 19.9 Å². The maximum absolute atomic E-state index is 12.7. The summed E-state index contributed by atoms with van der Waals surface area (Å²) in [6.45, 7) is 10.2. The molecule has 0 aliphatic rings. The maximum Gasteiger partial charge on any atom is 0.266 e. The lowest BCUT2D eigenvalue weighted by Gasteiger charge is -2.12. The molecule has 3 rings (SSSR count). The molecule has 8 nitrogen and oxygen atoms in total. The van der Waals surface area contributed by atoms with E-state index in [-0.39, 0.29) is 5.57 Å². The number of hydrogen-bond acceptors (Lipinski definition) is 5. The Balaban J connectivity index is 1.68. The van der Waals surface area contributed by atoms with Crippen LogP contribution >= 0.6 is 0 Å². The predicted octanol–water partition coefficient (Wildman–Crippen LogP) is 3.98. The van der Waals surface area contributed by atoms with Crippen molar-refractivity contribution in [3.8, 4) is 11.8 Å². The first-order chi connectivity index (χ1) is 15.4. The first-order valence-corrected chi connectivity index (χ1v) is 10.5. The monoisotopic (exact) mass is 432 g/mol. The number of nitrogens with zero attached hydrogens (tertiary/aromatic N) is 5. The van der Waals surface area contributed by atoms with Gasteiger partial charge < -0.3 is 14.6 Å². The van der Waals surface area contributed by atoms with E-state index < -0.39 is 5.91 Å². The van der Waals surface area contributed by atoms with Crippen molar-refractivity contribution in [1.82, 2.24) is 19.3 Å². The highest BCUT2D eigenvalue weighted by molar-refractivity contribution is 6.09. The molecule has 2 aromatic heterocycles. The first kappa shape index (κ1) is 22.8. The predicted molar refractivity (Wildman–Crippen MR) is 123 cm³/mol. The Hall–Kier alpha value is -3.86. The molecular weight excluding hydrogens is 404 g/mol. The average molecular weight is 433 g/mol. The molecule has 0 saturated carbocycles. The Bertz CT molecular complexity index is 1140. The topological polar surface area (TPSA) is 97.8 Å². The number of carbonyl (C=O) groups excluding carboxylic acids is 1. The van der Waals surface area contributed by atoms with Gasteiger partial charge >= 0.3 is 0 Å². The molecule has 0 spiro atoms. The number of amides is 1. The van der Waals surface area contributed by atoms with E-state index in [1.807, 2.05) is 32.0 Å². The van der Waals surface area contributed by atoms with Crippen LogP contribution in [-0.4, -0.2) is 31.8 Å². The number of ether oxygens (including phenoxy) is 1. The summed E-state index contributed by atoms with van der Waals surface area (Å²) in [4.78, 5) is 16.6. The van der Waals surface area contributed by atoms with Crippen LogP contribution in [0, 0.1) is 31.1 Å². The number of benzene rings is 1. The minimum atomic E-state index is -0.457. The molecular formula is C24H28N6O2. The Morgan fingerprint density at radius 2 is 2.12 bits per heavy atom. The summed E-state index contributed by atoms with van der Waals surface area (Å²) < 4.78 is 9.61. The number of rotatable bonds is 9.